The van der Waals surface area contributed by atoms with E-state index in [2.05, 4.69) is 5.32 Å². The van der Waals surface area contributed by atoms with E-state index in [1.54, 1.807) is 33.3 Å². The number of halogens is 1. The summed E-state index contributed by atoms with van der Waals surface area (Å²) in [4.78, 5) is 13.0. The summed E-state index contributed by atoms with van der Waals surface area (Å²) in [5, 5.41) is 3.29. The Bertz CT molecular complexity index is 690. The highest BCUT2D eigenvalue weighted by atomic mass is 35.5. The van der Waals surface area contributed by atoms with Crippen LogP contribution in [0.2, 0.25) is 0 Å². The van der Waals surface area contributed by atoms with E-state index in [9.17, 15) is 4.79 Å². The Labute approximate surface area is 166 Å². The Kier molecular flexibility index (Phi) is 9.47. The maximum Gasteiger partial charge on any atom is 0.414 e. The molecule has 6 nitrogen and oxygen atoms in total. The molecule has 0 bridgehead atoms. The largest absolute Gasteiger partial charge is 0.497 e. The van der Waals surface area contributed by atoms with E-state index in [-0.39, 0.29) is 18.4 Å². The number of nitrogens with zero attached hydrogens (tertiary/aromatic N) is 1. The monoisotopic (exact) mass is 394 g/mol. The maximum atomic E-state index is 11.6. The number of rotatable bonds is 8. The van der Waals surface area contributed by atoms with Crippen LogP contribution in [0.15, 0.2) is 48.5 Å². The van der Waals surface area contributed by atoms with Gasteiger partial charge in [-0.15, -0.1) is 12.4 Å². The molecule has 0 aromatic heterocycles. The van der Waals surface area contributed by atoms with Gasteiger partial charge in [-0.2, -0.15) is 0 Å². The molecule has 0 heterocycles. The molecule has 0 aliphatic heterocycles. The van der Waals surface area contributed by atoms with Crippen molar-refractivity contribution in [2.45, 2.75) is 12.5 Å². The predicted octanol–water partition coefficient (Wildman–Crippen LogP) is 3.91. The van der Waals surface area contributed by atoms with Gasteiger partial charge < -0.3 is 24.4 Å². The topological polar surface area (TPSA) is 60.0 Å². The van der Waals surface area contributed by atoms with Crippen molar-refractivity contribution < 1.29 is 19.0 Å². The van der Waals surface area contributed by atoms with Crippen molar-refractivity contribution >= 4 is 18.5 Å². The molecule has 2 rings (SSSR count). The Hall–Kier alpha value is -2.44. The lowest BCUT2D eigenvalue weighted by atomic mass is 10.0. The lowest BCUT2D eigenvalue weighted by Gasteiger charge is -2.18. The van der Waals surface area contributed by atoms with Gasteiger partial charge in [0.1, 0.15) is 17.2 Å². The van der Waals surface area contributed by atoms with Crippen molar-refractivity contribution in [2.24, 2.45) is 0 Å². The van der Waals surface area contributed by atoms with Gasteiger partial charge in [-0.3, -0.25) is 0 Å². The quantitative estimate of drug-likeness (QED) is 0.735. The summed E-state index contributed by atoms with van der Waals surface area (Å²) in [5.74, 6) is 2.14. The van der Waals surface area contributed by atoms with E-state index < -0.39 is 6.09 Å². The normalized spacial score (nSPS) is 11.1. The zero-order valence-corrected chi connectivity index (χ0v) is 16.9. The molecule has 27 heavy (non-hydrogen) atoms. The van der Waals surface area contributed by atoms with Crippen molar-refractivity contribution in [3.8, 4) is 17.2 Å². The molecule has 0 aliphatic rings. The van der Waals surface area contributed by atoms with E-state index in [0.717, 1.165) is 23.5 Å². The van der Waals surface area contributed by atoms with E-state index in [1.165, 1.54) is 4.90 Å². The standard InChI is InChI=1S/C20H26N2O4.ClH/c1-21-19(13-14-25-17-11-9-16(24-4)10-12-17)15-5-7-18(8-6-15)26-20(23)22(2)3;/h5-12,19,21H,13-14H2,1-4H3;1H. The van der Waals surface area contributed by atoms with Crippen LogP contribution in [0.1, 0.15) is 18.0 Å². The fourth-order valence-corrected chi connectivity index (χ4v) is 2.40. The molecule has 2 aromatic carbocycles. The summed E-state index contributed by atoms with van der Waals surface area (Å²) in [6.45, 7) is 0.579. The predicted molar refractivity (Wildman–Crippen MR) is 108 cm³/mol. The molecule has 1 atom stereocenters. The highest BCUT2D eigenvalue weighted by Gasteiger charge is 2.11. The van der Waals surface area contributed by atoms with Gasteiger partial charge in [0.2, 0.25) is 0 Å². The van der Waals surface area contributed by atoms with Gasteiger partial charge in [0.25, 0.3) is 0 Å². The molecule has 1 N–H and O–H groups in total. The van der Waals surface area contributed by atoms with Gasteiger partial charge in [0, 0.05) is 26.6 Å². The first-order chi connectivity index (χ1) is 12.5. The molecular weight excluding hydrogens is 368 g/mol. The molecule has 1 unspecified atom stereocenters. The number of methoxy groups -OCH3 is 1. The second-order valence-corrected chi connectivity index (χ2v) is 5.99. The van der Waals surface area contributed by atoms with Gasteiger partial charge in [-0.25, -0.2) is 4.79 Å². The van der Waals surface area contributed by atoms with Crippen LogP contribution in [-0.4, -0.2) is 45.9 Å². The molecule has 148 valence electrons. The SMILES string of the molecule is CNC(CCOc1ccc(OC)cc1)c1ccc(OC(=O)N(C)C)cc1.Cl. The molecular formula is C20H27ClN2O4. The number of benzene rings is 2. The Balaban J connectivity index is 0.00000364. The lowest BCUT2D eigenvalue weighted by Crippen LogP contribution is -2.25. The van der Waals surface area contributed by atoms with Crippen LogP contribution >= 0.6 is 12.4 Å². The zero-order valence-electron chi connectivity index (χ0n) is 16.1. The maximum absolute atomic E-state index is 11.6. The van der Waals surface area contributed by atoms with E-state index in [1.807, 2.05) is 43.4 Å². The summed E-state index contributed by atoms with van der Waals surface area (Å²) in [6.07, 6.45) is 0.412. The fraction of sp³-hybridized carbons (Fsp3) is 0.350. The third-order valence-electron chi connectivity index (χ3n) is 3.94. The molecule has 0 spiro atoms. The summed E-state index contributed by atoms with van der Waals surface area (Å²) < 4.78 is 16.2. The minimum atomic E-state index is -0.393. The van der Waals surface area contributed by atoms with Crippen molar-refractivity contribution in [1.29, 1.82) is 0 Å². The summed E-state index contributed by atoms with van der Waals surface area (Å²) in [6, 6.07) is 15.2. The van der Waals surface area contributed by atoms with Crippen LogP contribution in [0.5, 0.6) is 17.2 Å². The zero-order chi connectivity index (χ0) is 18.9. The van der Waals surface area contributed by atoms with Gasteiger partial charge in [-0.1, -0.05) is 12.1 Å². The molecule has 7 heteroatoms. The molecule has 0 aliphatic carbocycles. The first kappa shape index (κ1) is 22.6. The number of amides is 1. The van der Waals surface area contributed by atoms with Crippen LogP contribution < -0.4 is 19.5 Å². The van der Waals surface area contributed by atoms with Crippen molar-refractivity contribution in [3.05, 3.63) is 54.1 Å². The molecule has 0 saturated carbocycles. The van der Waals surface area contributed by atoms with Crippen LogP contribution in [-0.2, 0) is 0 Å². The Morgan fingerprint density at radius 3 is 2.07 bits per heavy atom. The first-order valence-corrected chi connectivity index (χ1v) is 8.46. The van der Waals surface area contributed by atoms with Gasteiger partial charge in [0.15, 0.2) is 0 Å². The van der Waals surface area contributed by atoms with Crippen LogP contribution in [0, 0.1) is 0 Å². The third kappa shape index (κ3) is 7.00. The van der Waals surface area contributed by atoms with Crippen LogP contribution in [0.25, 0.3) is 0 Å². The number of hydrogen-bond donors (Lipinski definition) is 1. The van der Waals surface area contributed by atoms with Crippen molar-refractivity contribution in [3.63, 3.8) is 0 Å². The first-order valence-electron chi connectivity index (χ1n) is 8.46. The fourth-order valence-electron chi connectivity index (χ4n) is 2.40. The second-order valence-electron chi connectivity index (χ2n) is 5.99. The van der Waals surface area contributed by atoms with Crippen molar-refractivity contribution in [1.82, 2.24) is 10.2 Å². The third-order valence-corrected chi connectivity index (χ3v) is 3.94. The highest BCUT2D eigenvalue weighted by Crippen LogP contribution is 2.22. The number of carbonyl (C=O) groups excluding carboxylic acids is 1. The van der Waals surface area contributed by atoms with Crippen LogP contribution in [0.4, 0.5) is 4.79 Å². The van der Waals surface area contributed by atoms with Gasteiger partial charge in [-0.05, 0) is 49.0 Å². The smallest absolute Gasteiger partial charge is 0.414 e. The number of hydrogen-bond acceptors (Lipinski definition) is 5. The van der Waals surface area contributed by atoms with Gasteiger partial charge >= 0.3 is 6.09 Å². The van der Waals surface area contributed by atoms with E-state index >= 15 is 0 Å². The number of ether oxygens (including phenoxy) is 3. The lowest BCUT2D eigenvalue weighted by molar-refractivity contribution is 0.172. The van der Waals surface area contributed by atoms with Crippen molar-refractivity contribution in [2.75, 3.05) is 34.9 Å². The molecule has 0 fully saturated rings. The summed E-state index contributed by atoms with van der Waals surface area (Å²) >= 11 is 0. The molecule has 2 aromatic rings. The highest BCUT2D eigenvalue weighted by molar-refractivity contribution is 5.85. The summed E-state index contributed by atoms with van der Waals surface area (Å²) in [5.41, 5.74) is 1.11. The van der Waals surface area contributed by atoms with E-state index in [0.29, 0.717) is 12.4 Å². The molecule has 1 amide bonds. The average molecular weight is 395 g/mol. The van der Waals surface area contributed by atoms with E-state index in [4.69, 9.17) is 14.2 Å². The Morgan fingerprint density at radius 1 is 1.00 bits per heavy atom. The van der Waals surface area contributed by atoms with Crippen LogP contribution in [0.3, 0.4) is 0 Å². The van der Waals surface area contributed by atoms with Gasteiger partial charge in [0.05, 0.1) is 13.7 Å². The number of carbonyl (C=O) groups is 1. The average Bonchev–Trinajstić information content (AvgIpc) is 2.66. The Morgan fingerprint density at radius 2 is 1.56 bits per heavy atom. The molecule has 0 saturated heterocycles. The minimum absolute atomic E-state index is 0. The number of nitrogens with one attached hydrogen (secondary N) is 1. The molecule has 0 radical (unpaired) electrons. The summed E-state index contributed by atoms with van der Waals surface area (Å²) in [7, 11) is 6.85. The minimum Gasteiger partial charge on any atom is -0.497 e. The second kappa shape index (κ2) is 11.3.